The van der Waals surface area contributed by atoms with Gasteiger partial charge in [0.1, 0.15) is 5.82 Å². The lowest BCUT2D eigenvalue weighted by Gasteiger charge is -2.26. The Bertz CT molecular complexity index is 698. The van der Waals surface area contributed by atoms with E-state index in [-0.39, 0.29) is 5.69 Å². The van der Waals surface area contributed by atoms with Crippen molar-refractivity contribution in [1.29, 1.82) is 0 Å². The first-order chi connectivity index (χ1) is 9.54. The Balaban J connectivity index is 1.77. The Kier molecular flexibility index (Phi) is 3.22. The Morgan fingerprint density at radius 1 is 1.20 bits per heavy atom. The van der Waals surface area contributed by atoms with Gasteiger partial charge in [0.2, 0.25) is 0 Å². The molecular weight excluding hydrogens is 252 g/mol. The third-order valence-electron chi connectivity index (χ3n) is 4.07. The number of fused-ring (bicyclic) bond motifs is 1. The third kappa shape index (κ3) is 2.29. The van der Waals surface area contributed by atoms with Gasteiger partial charge in [0.25, 0.3) is 0 Å². The molecule has 5 nitrogen and oxygen atoms in total. The summed E-state index contributed by atoms with van der Waals surface area (Å²) in [6, 6.07) is 6.60. The number of aryl methyl sites for hydroxylation is 3. The van der Waals surface area contributed by atoms with Crippen LogP contribution in [0.4, 0.5) is 0 Å². The first-order valence-corrected chi connectivity index (χ1v) is 6.96. The predicted octanol–water partition coefficient (Wildman–Crippen LogP) is 1.21. The number of hydrogen-bond acceptors (Lipinski definition) is 3. The van der Waals surface area contributed by atoms with Crippen molar-refractivity contribution in [3.63, 3.8) is 0 Å². The summed E-state index contributed by atoms with van der Waals surface area (Å²) in [5, 5.41) is 4.30. The van der Waals surface area contributed by atoms with Crippen LogP contribution < -0.4 is 5.69 Å². The molecular formula is C15H20N4O. The summed E-state index contributed by atoms with van der Waals surface area (Å²) in [7, 11) is 1.71. The van der Waals surface area contributed by atoms with E-state index in [1.807, 2.05) is 0 Å². The van der Waals surface area contributed by atoms with Crippen molar-refractivity contribution in [3.8, 4) is 0 Å². The molecule has 0 aliphatic carbocycles. The Morgan fingerprint density at radius 2 is 2.00 bits per heavy atom. The number of rotatable bonds is 2. The zero-order valence-electron chi connectivity index (χ0n) is 12.3. The SMILES string of the molecule is Cc1ccc(CN2CCn3c(nn(C)c3=O)C2)cc1C. The van der Waals surface area contributed by atoms with Crippen molar-refractivity contribution in [1.82, 2.24) is 19.2 Å². The lowest BCUT2D eigenvalue weighted by atomic mass is 10.1. The van der Waals surface area contributed by atoms with E-state index in [0.29, 0.717) is 0 Å². The summed E-state index contributed by atoms with van der Waals surface area (Å²) in [5.41, 5.74) is 3.96. The molecule has 0 saturated heterocycles. The highest BCUT2D eigenvalue weighted by Gasteiger charge is 2.20. The maximum Gasteiger partial charge on any atom is 0.345 e. The molecule has 20 heavy (non-hydrogen) atoms. The van der Waals surface area contributed by atoms with Gasteiger partial charge in [-0.2, -0.15) is 5.10 Å². The van der Waals surface area contributed by atoms with Crippen molar-refractivity contribution in [3.05, 3.63) is 51.2 Å². The summed E-state index contributed by atoms with van der Waals surface area (Å²) >= 11 is 0. The molecule has 0 spiro atoms. The molecule has 1 aliphatic rings. The fourth-order valence-corrected chi connectivity index (χ4v) is 2.71. The van der Waals surface area contributed by atoms with Crippen molar-refractivity contribution in [2.24, 2.45) is 7.05 Å². The van der Waals surface area contributed by atoms with Crippen LogP contribution in [0.25, 0.3) is 0 Å². The largest absolute Gasteiger partial charge is 0.345 e. The minimum atomic E-state index is -0.00849. The average molecular weight is 272 g/mol. The fourth-order valence-electron chi connectivity index (χ4n) is 2.71. The Labute approximate surface area is 118 Å². The van der Waals surface area contributed by atoms with E-state index in [9.17, 15) is 4.79 Å². The second-order valence-corrected chi connectivity index (χ2v) is 5.60. The smallest absolute Gasteiger partial charge is 0.290 e. The van der Waals surface area contributed by atoms with E-state index in [1.54, 1.807) is 11.6 Å². The van der Waals surface area contributed by atoms with Gasteiger partial charge in [-0.1, -0.05) is 18.2 Å². The molecule has 5 heteroatoms. The lowest BCUT2D eigenvalue weighted by Crippen LogP contribution is -2.37. The molecule has 0 unspecified atom stereocenters. The van der Waals surface area contributed by atoms with Crippen LogP contribution in [0.1, 0.15) is 22.5 Å². The summed E-state index contributed by atoms with van der Waals surface area (Å²) in [5.74, 6) is 0.868. The molecule has 0 amide bonds. The zero-order valence-corrected chi connectivity index (χ0v) is 12.3. The molecule has 0 N–H and O–H groups in total. The highest BCUT2D eigenvalue weighted by Crippen LogP contribution is 2.15. The summed E-state index contributed by atoms with van der Waals surface area (Å²) < 4.78 is 3.20. The second kappa shape index (κ2) is 4.90. The van der Waals surface area contributed by atoms with Crippen molar-refractivity contribution >= 4 is 0 Å². The van der Waals surface area contributed by atoms with Crippen LogP contribution in [-0.2, 0) is 26.7 Å². The van der Waals surface area contributed by atoms with Crippen molar-refractivity contribution in [2.75, 3.05) is 6.54 Å². The minimum Gasteiger partial charge on any atom is -0.290 e. The molecule has 1 aliphatic heterocycles. The van der Waals surface area contributed by atoms with Crippen molar-refractivity contribution in [2.45, 2.75) is 33.5 Å². The molecule has 2 heterocycles. The maximum absolute atomic E-state index is 11.8. The number of nitrogens with zero attached hydrogens (tertiary/aromatic N) is 4. The van der Waals surface area contributed by atoms with E-state index < -0.39 is 0 Å². The van der Waals surface area contributed by atoms with Crippen LogP contribution in [0.15, 0.2) is 23.0 Å². The van der Waals surface area contributed by atoms with Crippen LogP contribution in [-0.4, -0.2) is 25.8 Å². The van der Waals surface area contributed by atoms with E-state index in [0.717, 1.165) is 32.0 Å². The van der Waals surface area contributed by atoms with Crippen LogP contribution in [0.3, 0.4) is 0 Å². The van der Waals surface area contributed by atoms with Crippen LogP contribution in [0, 0.1) is 13.8 Å². The van der Waals surface area contributed by atoms with E-state index >= 15 is 0 Å². The van der Waals surface area contributed by atoms with E-state index in [4.69, 9.17) is 0 Å². The molecule has 1 aromatic heterocycles. The number of hydrogen-bond donors (Lipinski definition) is 0. The molecule has 0 fully saturated rings. The minimum absolute atomic E-state index is 0.00849. The molecule has 106 valence electrons. The van der Waals surface area contributed by atoms with E-state index in [2.05, 4.69) is 42.0 Å². The molecule has 0 atom stereocenters. The van der Waals surface area contributed by atoms with Gasteiger partial charge >= 0.3 is 5.69 Å². The van der Waals surface area contributed by atoms with Crippen LogP contribution in [0.5, 0.6) is 0 Å². The Hall–Kier alpha value is -1.88. The van der Waals surface area contributed by atoms with Crippen LogP contribution in [0.2, 0.25) is 0 Å². The first-order valence-electron chi connectivity index (χ1n) is 6.96. The summed E-state index contributed by atoms with van der Waals surface area (Å²) in [6.45, 7) is 7.55. The van der Waals surface area contributed by atoms with Gasteiger partial charge in [-0.25, -0.2) is 9.48 Å². The van der Waals surface area contributed by atoms with Crippen molar-refractivity contribution < 1.29 is 0 Å². The monoisotopic (exact) mass is 272 g/mol. The normalized spacial score (nSPS) is 15.3. The first kappa shape index (κ1) is 13.1. The lowest BCUT2D eigenvalue weighted by molar-refractivity contribution is 0.207. The van der Waals surface area contributed by atoms with Gasteiger partial charge < -0.3 is 0 Å². The average Bonchev–Trinajstić information content (AvgIpc) is 2.69. The maximum atomic E-state index is 11.8. The zero-order chi connectivity index (χ0) is 14.3. The summed E-state index contributed by atoms with van der Waals surface area (Å²) in [6.07, 6.45) is 0. The highest BCUT2D eigenvalue weighted by molar-refractivity contribution is 5.29. The van der Waals surface area contributed by atoms with Gasteiger partial charge in [0.05, 0.1) is 6.54 Å². The number of aromatic nitrogens is 3. The predicted molar refractivity (Wildman–Crippen MR) is 77.5 cm³/mol. The topological polar surface area (TPSA) is 43.1 Å². The van der Waals surface area contributed by atoms with Gasteiger partial charge in [0.15, 0.2) is 0 Å². The summed E-state index contributed by atoms with van der Waals surface area (Å²) in [4.78, 5) is 14.1. The third-order valence-corrected chi connectivity index (χ3v) is 4.07. The second-order valence-electron chi connectivity index (χ2n) is 5.60. The van der Waals surface area contributed by atoms with Gasteiger partial charge in [-0.3, -0.25) is 9.47 Å². The van der Waals surface area contributed by atoms with Gasteiger partial charge in [-0.05, 0) is 30.5 Å². The van der Waals surface area contributed by atoms with Gasteiger partial charge in [-0.15, -0.1) is 0 Å². The molecule has 0 bridgehead atoms. The Morgan fingerprint density at radius 3 is 2.75 bits per heavy atom. The highest BCUT2D eigenvalue weighted by atomic mass is 16.2. The molecule has 0 saturated carbocycles. The molecule has 3 rings (SSSR count). The molecule has 1 aromatic carbocycles. The quantitative estimate of drug-likeness (QED) is 0.825. The molecule has 0 radical (unpaired) electrons. The van der Waals surface area contributed by atoms with Crippen LogP contribution >= 0.6 is 0 Å². The van der Waals surface area contributed by atoms with Gasteiger partial charge in [0, 0.05) is 26.7 Å². The van der Waals surface area contributed by atoms with E-state index in [1.165, 1.54) is 21.4 Å². The standard InChI is InChI=1S/C15H20N4O/c1-11-4-5-13(8-12(11)2)9-18-6-7-19-14(10-18)16-17(3)15(19)20/h4-5,8H,6-7,9-10H2,1-3H3. The number of benzene rings is 1. The fraction of sp³-hybridized carbons (Fsp3) is 0.467. The molecule has 2 aromatic rings.